The van der Waals surface area contributed by atoms with Gasteiger partial charge in [0.2, 0.25) is 0 Å². The molecule has 2 heteroatoms. The largest absolute Gasteiger partial charge is 0.510 e. The van der Waals surface area contributed by atoms with Crippen molar-refractivity contribution >= 4 is 0 Å². The molecule has 0 unspecified atom stereocenters. The average Bonchev–Trinajstić information content (AvgIpc) is 1.98. The van der Waals surface area contributed by atoms with Crippen LogP contribution in [-0.4, -0.2) is 16.8 Å². The van der Waals surface area contributed by atoms with E-state index in [-0.39, 0.29) is 12.4 Å². The van der Waals surface area contributed by atoms with Crippen LogP contribution in [0.3, 0.4) is 0 Å². The molecule has 0 aliphatic heterocycles. The lowest BCUT2D eigenvalue weighted by molar-refractivity contribution is 0.252. The molecule has 0 aliphatic carbocycles. The Morgan fingerprint density at radius 3 is 2.60 bits per heavy atom. The summed E-state index contributed by atoms with van der Waals surface area (Å²) in [6, 6.07) is 0. The summed E-state index contributed by atoms with van der Waals surface area (Å²) in [4.78, 5) is 0. The Labute approximate surface area is 62.2 Å². The summed E-state index contributed by atoms with van der Waals surface area (Å²) in [6.07, 6.45) is 6.03. The zero-order valence-corrected chi connectivity index (χ0v) is 6.51. The number of aliphatic hydroxyl groups excluding tert-OH is 2. The molecule has 0 aromatic rings. The van der Waals surface area contributed by atoms with E-state index in [1.165, 1.54) is 12.8 Å². The fourth-order valence-electron chi connectivity index (χ4n) is 0.728. The minimum absolute atomic E-state index is 0.0936. The fraction of sp³-hybridized carbons (Fsp3) is 0.750. The third-order valence-corrected chi connectivity index (χ3v) is 1.35. The van der Waals surface area contributed by atoms with Crippen LogP contribution >= 0.6 is 0 Å². The van der Waals surface area contributed by atoms with Crippen molar-refractivity contribution in [2.75, 3.05) is 6.61 Å². The molecule has 2 N–H and O–H groups in total. The zero-order valence-electron chi connectivity index (χ0n) is 6.51. The van der Waals surface area contributed by atoms with E-state index >= 15 is 0 Å². The maximum atomic E-state index is 8.77. The van der Waals surface area contributed by atoms with Gasteiger partial charge in [0.15, 0.2) is 0 Å². The molecule has 0 radical (unpaired) electrons. The summed E-state index contributed by atoms with van der Waals surface area (Å²) in [6.45, 7) is 1.90. The molecule has 0 aliphatic rings. The van der Waals surface area contributed by atoms with Gasteiger partial charge < -0.3 is 10.2 Å². The highest BCUT2D eigenvalue weighted by Crippen LogP contribution is 2.01. The number of rotatable bonds is 5. The number of hydrogen-bond acceptors (Lipinski definition) is 2. The minimum Gasteiger partial charge on any atom is -0.510 e. The van der Waals surface area contributed by atoms with Crippen LogP contribution < -0.4 is 0 Å². The summed E-state index contributed by atoms with van der Waals surface area (Å²) >= 11 is 0. The van der Waals surface area contributed by atoms with Gasteiger partial charge in [0.25, 0.3) is 0 Å². The van der Waals surface area contributed by atoms with Crippen LogP contribution in [-0.2, 0) is 0 Å². The SMILES string of the molecule is CCCCCC=C(O)CO. The molecule has 0 atom stereocenters. The summed E-state index contributed by atoms with van der Waals surface area (Å²) < 4.78 is 0. The lowest BCUT2D eigenvalue weighted by Gasteiger charge is -1.93. The maximum absolute atomic E-state index is 8.77. The summed E-state index contributed by atoms with van der Waals surface area (Å²) in [5.74, 6) is 0.0936. The summed E-state index contributed by atoms with van der Waals surface area (Å²) in [5.41, 5.74) is 0. The second kappa shape index (κ2) is 6.62. The van der Waals surface area contributed by atoms with Gasteiger partial charge in [-0.25, -0.2) is 0 Å². The highest BCUT2D eigenvalue weighted by atomic mass is 16.3. The van der Waals surface area contributed by atoms with Gasteiger partial charge in [0.05, 0.1) is 6.61 Å². The molecule has 0 heterocycles. The van der Waals surface area contributed by atoms with Gasteiger partial charge in [0, 0.05) is 0 Å². The van der Waals surface area contributed by atoms with Crippen LogP contribution in [0.1, 0.15) is 32.6 Å². The lowest BCUT2D eigenvalue weighted by atomic mass is 10.2. The highest BCUT2D eigenvalue weighted by molar-refractivity contribution is 4.89. The van der Waals surface area contributed by atoms with E-state index < -0.39 is 0 Å². The highest BCUT2D eigenvalue weighted by Gasteiger charge is 1.87. The van der Waals surface area contributed by atoms with Crippen LogP contribution in [0.5, 0.6) is 0 Å². The third-order valence-electron chi connectivity index (χ3n) is 1.35. The molecule has 0 amide bonds. The number of unbranched alkanes of at least 4 members (excludes halogenated alkanes) is 3. The van der Waals surface area contributed by atoms with Crippen LogP contribution in [0.2, 0.25) is 0 Å². The molecular formula is C8H16O2. The molecule has 0 aromatic carbocycles. The smallest absolute Gasteiger partial charge is 0.114 e. The van der Waals surface area contributed by atoms with Gasteiger partial charge >= 0.3 is 0 Å². The molecule has 0 bridgehead atoms. The molecule has 2 nitrogen and oxygen atoms in total. The standard InChI is InChI=1S/C8H16O2/c1-2-3-4-5-6-8(10)7-9/h6,9-10H,2-5,7H2,1H3. The number of allylic oxidation sites excluding steroid dienone is 1. The maximum Gasteiger partial charge on any atom is 0.114 e. The Kier molecular flexibility index (Phi) is 6.29. The van der Waals surface area contributed by atoms with Crippen molar-refractivity contribution in [1.29, 1.82) is 0 Å². The topological polar surface area (TPSA) is 40.5 Å². The minimum atomic E-state index is -0.230. The molecule has 0 saturated heterocycles. The summed E-state index contributed by atoms with van der Waals surface area (Å²) in [7, 11) is 0. The van der Waals surface area contributed by atoms with E-state index in [0.29, 0.717) is 0 Å². The van der Waals surface area contributed by atoms with E-state index in [1.807, 2.05) is 0 Å². The Morgan fingerprint density at radius 1 is 1.40 bits per heavy atom. The number of aliphatic hydroxyl groups is 2. The first kappa shape index (κ1) is 9.50. The van der Waals surface area contributed by atoms with Gasteiger partial charge in [-0.15, -0.1) is 0 Å². The normalized spacial score (nSPS) is 12.0. The van der Waals surface area contributed by atoms with Crippen molar-refractivity contribution in [3.63, 3.8) is 0 Å². The molecular weight excluding hydrogens is 128 g/mol. The predicted molar refractivity (Wildman–Crippen MR) is 41.9 cm³/mol. The number of hydrogen-bond donors (Lipinski definition) is 2. The van der Waals surface area contributed by atoms with Gasteiger partial charge in [-0.05, 0) is 18.9 Å². The molecule has 0 fully saturated rings. The molecule has 10 heavy (non-hydrogen) atoms. The second-order valence-corrected chi connectivity index (χ2v) is 2.35. The molecule has 0 rings (SSSR count). The van der Waals surface area contributed by atoms with Crippen molar-refractivity contribution in [2.45, 2.75) is 32.6 Å². The zero-order chi connectivity index (χ0) is 7.82. The predicted octanol–water partition coefficient (Wildman–Crippen LogP) is 2.00. The molecule has 60 valence electrons. The van der Waals surface area contributed by atoms with Crippen LogP contribution in [0, 0.1) is 0 Å². The molecule has 0 saturated carbocycles. The fourth-order valence-corrected chi connectivity index (χ4v) is 0.728. The average molecular weight is 144 g/mol. The first-order chi connectivity index (χ1) is 4.81. The van der Waals surface area contributed by atoms with Crippen molar-refractivity contribution in [3.8, 4) is 0 Å². The van der Waals surface area contributed by atoms with E-state index in [0.717, 1.165) is 12.8 Å². The molecule has 0 spiro atoms. The van der Waals surface area contributed by atoms with E-state index in [4.69, 9.17) is 10.2 Å². The van der Waals surface area contributed by atoms with Gasteiger partial charge in [-0.3, -0.25) is 0 Å². The van der Waals surface area contributed by atoms with Gasteiger partial charge in [-0.2, -0.15) is 0 Å². The van der Waals surface area contributed by atoms with Crippen LogP contribution in [0.4, 0.5) is 0 Å². The molecule has 0 aromatic heterocycles. The van der Waals surface area contributed by atoms with Crippen molar-refractivity contribution in [2.24, 2.45) is 0 Å². The van der Waals surface area contributed by atoms with Gasteiger partial charge in [-0.1, -0.05) is 19.8 Å². The lowest BCUT2D eigenvalue weighted by Crippen LogP contribution is -1.87. The first-order valence-electron chi connectivity index (χ1n) is 3.80. The van der Waals surface area contributed by atoms with Crippen molar-refractivity contribution in [3.05, 3.63) is 11.8 Å². The Bertz CT molecular complexity index is 97.4. The van der Waals surface area contributed by atoms with E-state index in [1.54, 1.807) is 6.08 Å². The summed E-state index contributed by atoms with van der Waals surface area (Å²) in [5, 5.41) is 17.1. The van der Waals surface area contributed by atoms with Crippen molar-refractivity contribution < 1.29 is 10.2 Å². The second-order valence-electron chi connectivity index (χ2n) is 2.35. The van der Waals surface area contributed by atoms with Crippen molar-refractivity contribution in [1.82, 2.24) is 0 Å². The van der Waals surface area contributed by atoms with Crippen LogP contribution in [0.25, 0.3) is 0 Å². The van der Waals surface area contributed by atoms with E-state index in [9.17, 15) is 0 Å². The Morgan fingerprint density at radius 2 is 2.10 bits per heavy atom. The third kappa shape index (κ3) is 5.63. The Balaban J connectivity index is 3.16. The van der Waals surface area contributed by atoms with Gasteiger partial charge in [0.1, 0.15) is 5.76 Å². The van der Waals surface area contributed by atoms with Crippen LogP contribution in [0.15, 0.2) is 11.8 Å². The Hall–Kier alpha value is -0.500. The quantitative estimate of drug-likeness (QED) is 0.457. The first-order valence-corrected chi connectivity index (χ1v) is 3.80. The monoisotopic (exact) mass is 144 g/mol. The van der Waals surface area contributed by atoms with E-state index in [2.05, 4.69) is 6.92 Å².